The fourth-order valence-corrected chi connectivity index (χ4v) is 2.37. The Hall–Kier alpha value is -2.01. The SMILES string of the molecule is CSC(C)CNC(=O)c1cccc2cccc(C(=O)O)c12. The van der Waals surface area contributed by atoms with E-state index in [0.29, 0.717) is 22.7 Å². The highest BCUT2D eigenvalue weighted by Crippen LogP contribution is 2.23. The molecular weight excluding hydrogens is 286 g/mol. The van der Waals surface area contributed by atoms with Gasteiger partial charge in [0.05, 0.1) is 5.56 Å². The summed E-state index contributed by atoms with van der Waals surface area (Å²) in [6.45, 7) is 2.57. The van der Waals surface area contributed by atoms with Gasteiger partial charge >= 0.3 is 5.97 Å². The fourth-order valence-electron chi connectivity index (χ4n) is 2.12. The van der Waals surface area contributed by atoms with E-state index in [9.17, 15) is 14.7 Å². The minimum Gasteiger partial charge on any atom is -0.478 e. The number of thioether (sulfide) groups is 1. The number of rotatable bonds is 5. The van der Waals surface area contributed by atoms with Gasteiger partial charge in [0.1, 0.15) is 0 Å². The predicted molar refractivity (Wildman–Crippen MR) is 86.2 cm³/mol. The smallest absolute Gasteiger partial charge is 0.336 e. The molecule has 2 N–H and O–H groups in total. The summed E-state index contributed by atoms with van der Waals surface area (Å²) in [4.78, 5) is 23.7. The van der Waals surface area contributed by atoms with E-state index in [2.05, 4.69) is 5.32 Å². The molecule has 0 heterocycles. The number of carbonyl (C=O) groups is 2. The van der Waals surface area contributed by atoms with Gasteiger partial charge in [0, 0.05) is 22.7 Å². The molecule has 110 valence electrons. The number of amides is 1. The standard InChI is InChI=1S/C16H17NO3S/c1-10(21-2)9-17-15(18)12-7-3-5-11-6-4-8-13(14(11)12)16(19)20/h3-8,10H,9H2,1-2H3,(H,17,18)(H,19,20). The lowest BCUT2D eigenvalue weighted by Crippen LogP contribution is -2.29. The van der Waals surface area contributed by atoms with Crippen LogP contribution in [0, 0.1) is 0 Å². The number of carbonyl (C=O) groups excluding carboxylic acids is 1. The van der Waals surface area contributed by atoms with Crippen LogP contribution in [0.4, 0.5) is 0 Å². The van der Waals surface area contributed by atoms with Crippen molar-refractivity contribution < 1.29 is 14.7 Å². The first-order chi connectivity index (χ1) is 10.0. The summed E-state index contributed by atoms with van der Waals surface area (Å²) < 4.78 is 0. The number of carboxylic acids is 1. The monoisotopic (exact) mass is 303 g/mol. The van der Waals surface area contributed by atoms with Crippen molar-refractivity contribution >= 4 is 34.4 Å². The Morgan fingerprint density at radius 3 is 2.38 bits per heavy atom. The first kappa shape index (κ1) is 15.4. The number of hydrogen-bond donors (Lipinski definition) is 2. The molecule has 0 aliphatic rings. The fraction of sp³-hybridized carbons (Fsp3) is 0.250. The lowest BCUT2D eigenvalue weighted by molar-refractivity contribution is 0.0699. The highest BCUT2D eigenvalue weighted by molar-refractivity contribution is 7.99. The van der Waals surface area contributed by atoms with E-state index < -0.39 is 5.97 Å². The minimum atomic E-state index is -1.03. The summed E-state index contributed by atoms with van der Waals surface area (Å²) in [7, 11) is 0. The van der Waals surface area contributed by atoms with E-state index in [1.807, 2.05) is 25.3 Å². The van der Waals surface area contributed by atoms with Gasteiger partial charge in [0.15, 0.2) is 0 Å². The van der Waals surface area contributed by atoms with Crippen molar-refractivity contribution in [2.75, 3.05) is 12.8 Å². The molecule has 5 heteroatoms. The zero-order valence-corrected chi connectivity index (χ0v) is 12.7. The number of nitrogens with one attached hydrogen (secondary N) is 1. The third-order valence-corrected chi connectivity index (χ3v) is 4.30. The minimum absolute atomic E-state index is 0.149. The first-order valence-corrected chi connectivity index (χ1v) is 7.89. The van der Waals surface area contributed by atoms with Gasteiger partial charge in [0.25, 0.3) is 5.91 Å². The molecule has 2 aromatic rings. The van der Waals surface area contributed by atoms with Crippen LogP contribution in [-0.2, 0) is 0 Å². The van der Waals surface area contributed by atoms with Crippen molar-refractivity contribution in [2.45, 2.75) is 12.2 Å². The first-order valence-electron chi connectivity index (χ1n) is 6.60. The maximum atomic E-state index is 12.3. The zero-order valence-electron chi connectivity index (χ0n) is 11.9. The number of carboxylic acid groups (broad SMARTS) is 1. The highest BCUT2D eigenvalue weighted by Gasteiger charge is 2.16. The third-order valence-electron chi connectivity index (χ3n) is 3.33. The summed E-state index contributed by atoms with van der Waals surface area (Å²) in [5, 5.41) is 13.7. The van der Waals surface area contributed by atoms with E-state index in [4.69, 9.17) is 0 Å². The largest absolute Gasteiger partial charge is 0.478 e. The van der Waals surface area contributed by atoms with E-state index in [1.54, 1.807) is 30.0 Å². The van der Waals surface area contributed by atoms with Crippen LogP contribution in [0.2, 0.25) is 0 Å². The molecule has 0 aliphatic heterocycles. The van der Waals surface area contributed by atoms with Gasteiger partial charge in [-0.15, -0.1) is 0 Å². The Morgan fingerprint density at radius 2 is 1.81 bits per heavy atom. The second kappa shape index (κ2) is 6.63. The summed E-state index contributed by atoms with van der Waals surface area (Å²) in [5.41, 5.74) is 0.551. The second-order valence-electron chi connectivity index (χ2n) is 4.77. The summed E-state index contributed by atoms with van der Waals surface area (Å²) >= 11 is 1.66. The zero-order chi connectivity index (χ0) is 15.4. The van der Waals surface area contributed by atoms with Crippen molar-refractivity contribution in [1.29, 1.82) is 0 Å². The van der Waals surface area contributed by atoms with Crippen molar-refractivity contribution in [3.05, 3.63) is 47.5 Å². The van der Waals surface area contributed by atoms with E-state index in [1.165, 1.54) is 6.07 Å². The van der Waals surface area contributed by atoms with E-state index in [0.717, 1.165) is 5.39 Å². The molecule has 21 heavy (non-hydrogen) atoms. The molecule has 1 atom stereocenters. The maximum Gasteiger partial charge on any atom is 0.336 e. The van der Waals surface area contributed by atoms with Crippen LogP contribution in [0.1, 0.15) is 27.6 Å². The van der Waals surface area contributed by atoms with Crippen molar-refractivity contribution in [2.24, 2.45) is 0 Å². The van der Waals surface area contributed by atoms with Gasteiger partial charge in [0.2, 0.25) is 0 Å². The maximum absolute atomic E-state index is 12.3. The lowest BCUT2D eigenvalue weighted by Gasteiger charge is -2.12. The number of benzene rings is 2. The van der Waals surface area contributed by atoms with Gasteiger partial charge < -0.3 is 10.4 Å². The molecule has 0 bridgehead atoms. The summed E-state index contributed by atoms with van der Waals surface area (Å²) in [6.07, 6.45) is 1.98. The predicted octanol–water partition coefficient (Wildman–Crippen LogP) is 3.02. The lowest BCUT2D eigenvalue weighted by atomic mass is 9.98. The van der Waals surface area contributed by atoms with Crippen molar-refractivity contribution in [3.63, 3.8) is 0 Å². The molecule has 0 aliphatic carbocycles. The van der Waals surface area contributed by atoms with Crippen LogP contribution in [0.5, 0.6) is 0 Å². The molecule has 0 fully saturated rings. The van der Waals surface area contributed by atoms with Gasteiger partial charge in [-0.1, -0.05) is 31.2 Å². The molecule has 1 amide bonds. The molecule has 1 unspecified atom stereocenters. The summed E-state index contributed by atoms with van der Waals surface area (Å²) in [6, 6.07) is 10.2. The Labute approximate surface area is 127 Å². The van der Waals surface area contributed by atoms with Crippen LogP contribution in [0.25, 0.3) is 10.8 Å². The molecule has 0 saturated carbocycles. The summed E-state index contributed by atoms with van der Waals surface area (Å²) in [5.74, 6) is -1.27. The Bertz CT molecular complexity index is 679. The molecule has 0 spiro atoms. The molecule has 2 rings (SSSR count). The number of fused-ring (bicyclic) bond motifs is 1. The van der Waals surface area contributed by atoms with Gasteiger partial charge in [-0.05, 0) is 23.8 Å². The average Bonchev–Trinajstić information content (AvgIpc) is 2.50. The Balaban J connectivity index is 2.44. The number of hydrogen-bond acceptors (Lipinski definition) is 3. The van der Waals surface area contributed by atoms with Crippen molar-refractivity contribution in [1.82, 2.24) is 5.32 Å². The van der Waals surface area contributed by atoms with E-state index >= 15 is 0 Å². The van der Waals surface area contributed by atoms with Crippen LogP contribution >= 0.6 is 11.8 Å². The second-order valence-corrected chi connectivity index (χ2v) is 6.05. The normalized spacial score (nSPS) is 12.1. The molecule has 2 aromatic carbocycles. The quantitative estimate of drug-likeness (QED) is 0.891. The van der Waals surface area contributed by atoms with Crippen LogP contribution < -0.4 is 5.32 Å². The topological polar surface area (TPSA) is 66.4 Å². The van der Waals surface area contributed by atoms with Crippen LogP contribution in [0.15, 0.2) is 36.4 Å². The van der Waals surface area contributed by atoms with E-state index in [-0.39, 0.29) is 11.5 Å². The molecule has 0 aromatic heterocycles. The molecule has 0 radical (unpaired) electrons. The Morgan fingerprint density at radius 1 is 1.19 bits per heavy atom. The van der Waals surface area contributed by atoms with Crippen LogP contribution in [0.3, 0.4) is 0 Å². The molecular formula is C16H17NO3S. The van der Waals surface area contributed by atoms with Crippen molar-refractivity contribution in [3.8, 4) is 0 Å². The molecule has 0 saturated heterocycles. The average molecular weight is 303 g/mol. The third kappa shape index (κ3) is 3.36. The molecule has 4 nitrogen and oxygen atoms in total. The van der Waals surface area contributed by atoms with Gasteiger partial charge in [-0.25, -0.2) is 4.79 Å². The highest BCUT2D eigenvalue weighted by atomic mass is 32.2. The van der Waals surface area contributed by atoms with Crippen LogP contribution in [-0.4, -0.2) is 35.0 Å². The number of aromatic carboxylic acids is 1. The van der Waals surface area contributed by atoms with Gasteiger partial charge in [-0.3, -0.25) is 4.79 Å². The Kier molecular flexibility index (Phi) is 4.85. The van der Waals surface area contributed by atoms with Gasteiger partial charge in [-0.2, -0.15) is 11.8 Å².